The predicted octanol–water partition coefficient (Wildman–Crippen LogP) is 6.02. The Balaban J connectivity index is 1.57. The third-order valence-corrected chi connectivity index (χ3v) is 7.71. The van der Waals surface area contributed by atoms with Gasteiger partial charge in [-0.05, 0) is 62.1 Å². The SMILES string of the molecule is COc1ccc([C@@H]2CC(=O)C3=C(C2)NC(C)=C(C(=O)Nc2ccc(C)cc2)[C@H]3c2ccccc2OC)cc1OC. The summed E-state index contributed by atoms with van der Waals surface area (Å²) >= 11 is 0. The van der Waals surface area contributed by atoms with Crippen LogP contribution in [0.2, 0.25) is 0 Å². The van der Waals surface area contributed by atoms with Crippen molar-refractivity contribution in [3.05, 3.63) is 106 Å². The Kier molecular flexibility index (Phi) is 7.65. The van der Waals surface area contributed by atoms with Crippen LogP contribution in [0.4, 0.5) is 5.69 Å². The van der Waals surface area contributed by atoms with E-state index in [1.54, 1.807) is 21.3 Å². The molecule has 0 saturated heterocycles. The highest BCUT2D eigenvalue weighted by Gasteiger charge is 2.42. The van der Waals surface area contributed by atoms with Crippen molar-refractivity contribution < 1.29 is 23.8 Å². The molecule has 0 saturated carbocycles. The van der Waals surface area contributed by atoms with E-state index in [0.717, 1.165) is 22.4 Å². The van der Waals surface area contributed by atoms with Gasteiger partial charge in [0.15, 0.2) is 17.3 Å². The van der Waals surface area contributed by atoms with E-state index < -0.39 is 5.92 Å². The summed E-state index contributed by atoms with van der Waals surface area (Å²) in [6.45, 7) is 3.89. The van der Waals surface area contributed by atoms with Gasteiger partial charge in [0.05, 0.1) is 27.2 Å². The molecule has 0 spiro atoms. The van der Waals surface area contributed by atoms with Crippen LogP contribution in [-0.2, 0) is 9.59 Å². The van der Waals surface area contributed by atoms with E-state index in [4.69, 9.17) is 14.2 Å². The largest absolute Gasteiger partial charge is 0.496 e. The number of amides is 1. The maximum absolute atomic E-state index is 14.0. The molecule has 0 fully saturated rings. The first-order chi connectivity index (χ1) is 19.3. The number of benzene rings is 3. The summed E-state index contributed by atoms with van der Waals surface area (Å²) in [5, 5.41) is 6.48. The number of ether oxygens (including phenoxy) is 3. The molecule has 0 unspecified atom stereocenters. The third kappa shape index (κ3) is 5.07. The van der Waals surface area contributed by atoms with E-state index in [1.807, 2.05) is 80.6 Å². The van der Waals surface area contributed by atoms with Crippen molar-refractivity contribution in [1.29, 1.82) is 0 Å². The molecule has 3 aromatic rings. The minimum Gasteiger partial charge on any atom is -0.496 e. The summed E-state index contributed by atoms with van der Waals surface area (Å²) in [5.41, 5.74) is 6.23. The number of allylic oxidation sites excluding steroid dienone is 3. The minimum atomic E-state index is -0.572. The fourth-order valence-electron chi connectivity index (χ4n) is 5.73. The van der Waals surface area contributed by atoms with Gasteiger partial charge in [-0.25, -0.2) is 0 Å². The number of anilines is 1. The summed E-state index contributed by atoms with van der Waals surface area (Å²) in [7, 11) is 4.81. The topological polar surface area (TPSA) is 85.9 Å². The Morgan fingerprint density at radius 3 is 2.25 bits per heavy atom. The summed E-state index contributed by atoms with van der Waals surface area (Å²) in [6, 6.07) is 21.0. The van der Waals surface area contributed by atoms with Gasteiger partial charge in [-0.1, -0.05) is 42.0 Å². The van der Waals surface area contributed by atoms with Crippen LogP contribution in [0.1, 0.15) is 48.3 Å². The third-order valence-electron chi connectivity index (χ3n) is 7.71. The van der Waals surface area contributed by atoms with Crippen LogP contribution in [0.25, 0.3) is 0 Å². The highest BCUT2D eigenvalue weighted by molar-refractivity contribution is 6.10. The van der Waals surface area contributed by atoms with Crippen molar-refractivity contribution in [1.82, 2.24) is 5.32 Å². The van der Waals surface area contributed by atoms with E-state index >= 15 is 0 Å². The summed E-state index contributed by atoms with van der Waals surface area (Å²) in [6.07, 6.45) is 0.931. The van der Waals surface area contributed by atoms with Crippen LogP contribution in [0.5, 0.6) is 17.2 Å². The molecule has 40 heavy (non-hydrogen) atoms. The molecule has 206 valence electrons. The lowest BCUT2D eigenvalue weighted by Gasteiger charge is -2.37. The molecule has 1 aliphatic heterocycles. The minimum absolute atomic E-state index is 0.00224. The van der Waals surface area contributed by atoms with Gasteiger partial charge < -0.3 is 24.8 Å². The second kappa shape index (κ2) is 11.3. The summed E-state index contributed by atoms with van der Waals surface area (Å²) in [4.78, 5) is 27.8. The molecule has 0 aromatic heterocycles. The van der Waals surface area contributed by atoms with Crippen molar-refractivity contribution in [3.63, 3.8) is 0 Å². The average molecular weight is 539 g/mol. The second-order valence-corrected chi connectivity index (χ2v) is 10.2. The normalized spacial score (nSPS) is 18.6. The number of hydrogen-bond acceptors (Lipinski definition) is 6. The van der Waals surface area contributed by atoms with Gasteiger partial charge in [0, 0.05) is 40.2 Å². The van der Waals surface area contributed by atoms with Crippen molar-refractivity contribution >= 4 is 17.4 Å². The second-order valence-electron chi connectivity index (χ2n) is 10.2. The highest BCUT2D eigenvalue weighted by atomic mass is 16.5. The lowest BCUT2D eigenvalue weighted by molar-refractivity contribution is -0.116. The van der Waals surface area contributed by atoms with Gasteiger partial charge in [-0.15, -0.1) is 0 Å². The van der Waals surface area contributed by atoms with E-state index in [9.17, 15) is 9.59 Å². The average Bonchev–Trinajstić information content (AvgIpc) is 2.96. The Bertz CT molecular complexity index is 1520. The van der Waals surface area contributed by atoms with Crippen LogP contribution in [0, 0.1) is 6.92 Å². The van der Waals surface area contributed by atoms with Gasteiger partial charge in [0.25, 0.3) is 5.91 Å². The highest BCUT2D eigenvalue weighted by Crippen LogP contribution is 2.48. The van der Waals surface area contributed by atoms with Crippen molar-refractivity contribution in [3.8, 4) is 17.2 Å². The van der Waals surface area contributed by atoms with Crippen molar-refractivity contribution in [2.24, 2.45) is 0 Å². The molecule has 1 aliphatic carbocycles. The number of ketones is 1. The van der Waals surface area contributed by atoms with Crippen molar-refractivity contribution in [2.45, 2.75) is 38.5 Å². The van der Waals surface area contributed by atoms with Gasteiger partial charge in [-0.3, -0.25) is 9.59 Å². The van der Waals surface area contributed by atoms with Gasteiger partial charge in [-0.2, -0.15) is 0 Å². The molecular formula is C33H34N2O5. The molecule has 2 aliphatic rings. The van der Waals surface area contributed by atoms with E-state index in [-0.39, 0.29) is 17.6 Å². The standard InChI is InChI=1S/C33H34N2O5/c1-19-10-13-23(14-11-19)35-33(37)30-20(2)34-25-16-22(21-12-15-28(39-4)29(18-21)40-5)17-26(36)32(25)31(30)24-8-6-7-9-27(24)38-3/h6-15,18,22,31,34H,16-17H2,1-5H3,(H,35,37)/t22-,31+/m0/s1. The molecule has 2 N–H and O–H groups in total. The fourth-order valence-corrected chi connectivity index (χ4v) is 5.73. The maximum atomic E-state index is 14.0. The molecular weight excluding hydrogens is 504 g/mol. The lowest BCUT2D eigenvalue weighted by Crippen LogP contribution is -2.37. The van der Waals surface area contributed by atoms with Crippen LogP contribution >= 0.6 is 0 Å². The van der Waals surface area contributed by atoms with E-state index in [2.05, 4.69) is 10.6 Å². The number of aryl methyl sites for hydroxylation is 1. The molecule has 7 nitrogen and oxygen atoms in total. The molecule has 2 atom stereocenters. The molecule has 7 heteroatoms. The molecule has 1 amide bonds. The quantitative estimate of drug-likeness (QED) is 0.383. The van der Waals surface area contributed by atoms with Crippen LogP contribution < -0.4 is 24.8 Å². The summed E-state index contributed by atoms with van der Waals surface area (Å²) < 4.78 is 16.6. The van der Waals surface area contributed by atoms with Crippen LogP contribution in [0.15, 0.2) is 89.3 Å². The van der Waals surface area contributed by atoms with E-state index in [0.29, 0.717) is 52.6 Å². The van der Waals surface area contributed by atoms with Gasteiger partial charge >= 0.3 is 0 Å². The molecule has 5 rings (SSSR count). The lowest BCUT2D eigenvalue weighted by atomic mass is 9.71. The van der Waals surface area contributed by atoms with Gasteiger partial charge in [0.2, 0.25) is 0 Å². The van der Waals surface area contributed by atoms with E-state index in [1.165, 1.54) is 0 Å². The van der Waals surface area contributed by atoms with Crippen molar-refractivity contribution in [2.75, 3.05) is 26.6 Å². The Morgan fingerprint density at radius 1 is 0.850 bits per heavy atom. The maximum Gasteiger partial charge on any atom is 0.254 e. The molecule has 0 bridgehead atoms. The zero-order chi connectivity index (χ0) is 28.4. The number of methoxy groups -OCH3 is 3. The first-order valence-corrected chi connectivity index (χ1v) is 13.3. The smallest absolute Gasteiger partial charge is 0.254 e. The number of nitrogens with one attached hydrogen (secondary N) is 2. The van der Waals surface area contributed by atoms with Crippen LogP contribution in [0.3, 0.4) is 0 Å². The molecule has 1 heterocycles. The Labute approximate surface area is 234 Å². The predicted molar refractivity (Wildman–Crippen MR) is 155 cm³/mol. The number of hydrogen-bond donors (Lipinski definition) is 2. The van der Waals surface area contributed by atoms with Crippen LogP contribution in [-0.4, -0.2) is 33.0 Å². The fraction of sp³-hybridized carbons (Fsp3) is 0.273. The number of carbonyl (C=O) groups excluding carboxylic acids is 2. The number of Topliss-reactive ketones (excluding diaryl/α,β-unsaturated/α-hetero) is 1. The summed E-state index contributed by atoms with van der Waals surface area (Å²) in [5.74, 6) is 1.02. The monoisotopic (exact) mass is 538 g/mol. The number of carbonyl (C=O) groups is 2. The Hall–Kier alpha value is -4.52. The number of para-hydroxylation sites is 1. The first kappa shape index (κ1) is 27.1. The number of dihydropyridines is 1. The molecule has 0 radical (unpaired) electrons. The number of rotatable bonds is 7. The first-order valence-electron chi connectivity index (χ1n) is 13.3. The Morgan fingerprint density at radius 2 is 1.55 bits per heavy atom. The zero-order valence-electron chi connectivity index (χ0n) is 23.5. The zero-order valence-corrected chi connectivity index (χ0v) is 23.5. The molecule has 3 aromatic carbocycles. The van der Waals surface area contributed by atoms with Gasteiger partial charge in [0.1, 0.15) is 5.75 Å².